The highest BCUT2D eigenvalue weighted by Crippen LogP contribution is 2.15. The summed E-state index contributed by atoms with van der Waals surface area (Å²) < 4.78 is 5.30. The molecule has 0 fully saturated rings. The third-order valence-corrected chi connectivity index (χ3v) is 2.46. The van der Waals surface area contributed by atoms with Crippen LogP contribution in [0, 0.1) is 0 Å². The molecule has 0 unspecified atom stereocenters. The Morgan fingerprint density at radius 2 is 2.06 bits per heavy atom. The summed E-state index contributed by atoms with van der Waals surface area (Å²) in [6.45, 7) is 4.01. The molecule has 1 aromatic carbocycles. The Balaban J connectivity index is 2.34. The molecule has 1 rings (SSSR count). The number of hydrogen-bond donors (Lipinski definition) is 1. The van der Waals surface area contributed by atoms with E-state index in [1.165, 1.54) is 0 Å². The van der Waals surface area contributed by atoms with E-state index in [1.807, 2.05) is 13.8 Å². The molecule has 0 heterocycles. The van der Waals surface area contributed by atoms with Gasteiger partial charge in [-0.1, -0.05) is 18.5 Å². The van der Waals surface area contributed by atoms with Gasteiger partial charge in [0.1, 0.15) is 5.75 Å². The van der Waals surface area contributed by atoms with E-state index in [1.54, 1.807) is 24.3 Å². The predicted molar refractivity (Wildman–Crippen MR) is 64.8 cm³/mol. The average molecular weight is 242 g/mol. The normalized spacial score (nSPS) is 11.9. The van der Waals surface area contributed by atoms with Gasteiger partial charge in [0.25, 0.3) is 5.91 Å². The van der Waals surface area contributed by atoms with Crippen LogP contribution in [0.3, 0.4) is 0 Å². The largest absolute Gasteiger partial charge is 0.484 e. The van der Waals surface area contributed by atoms with Crippen LogP contribution in [0.2, 0.25) is 5.02 Å². The van der Waals surface area contributed by atoms with Crippen molar-refractivity contribution in [2.24, 2.45) is 0 Å². The van der Waals surface area contributed by atoms with Crippen molar-refractivity contribution in [1.29, 1.82) is 0 Å². The highest BCUT2D eigenvalue weighted by atomic mass is 35.5. The first-order valence-electron chi connectivity index (χ1n) is 5.29. The van der Waals surface area contributed by atoms with Gasteiger partial charge in [-0.15, -0.1) is 0 Å². The monoisotopic (exact) mass is 241 g/mol. The Morgan fingerprint density at radius 3 is 2.62 bits per heavy atom. The summed E-state index contributed by atoms with van der Waals surface area (Å²) in [7, 11) is 0. The van der Waals surface area contributed by atoms with Crippen LogP contribution in [0.25, 0.3) is 0 Å². The van der Waals surface area contributed by atoms with Gasteiger partial charge in [0.15, 0.2) is 6.61 Å². The van der Waals surface area contributed by atoms with Crippen LogP contribution in [0.1, 0.15) is 20.3 Å². The van der Waals surface area contributed by atoms with Crippen LogP contribution >= 0.6 is 11.6 Å². The van der Waals surface area contributed by atoms with Crippen LogP contribution in [0.5, 0.6) is 5.75 Å². The lowest BCUT2D eigenvalue weighted by Crippen LogP contribution is -2.35. The van der Waals surface area contributed by atoms with Crippen molar-refractivity contribution in [2.45, 2.75) is 26.3 Å². The van der Waals surface area contributed by atoms with Gasteiger partial charge < -0.3 is 10.1 Å². The van der Waals surface area contributed by atoms with Gasteiger partial charge in [0.05, 0.1) is 0 Å². The van der Waals surface area contributed by atoms with Gasteiger partial charge in [0.2, 0.25) is 0 Å². The highest BCUT2D eigenvalue weighted by molar-refractivity contribution is 6.30. The molecule has 0 saturated heterocycles. The summed E-state index contributed by atoms with van der Waals surface area (Å²) in [4.78, 5) is 11.4. The highest BCUT2D eigenvalue weighted by Gasteiger charge is 2.05. The van der Waals surface area contributed by atoms with Crippen LogP contribution in [-0.4, -0.2) is 18.6 Å². The number of hydrogen-bond acceptors (Lipinski definition) is 2. The van der Waals surface area contributed by atoms with E-state index >= 15 is 0 Å². The van der Waals surface area contributed by atoms with E-state index in [-0.39, 0.29) is 18.6 Å². The molecule has 88 valence electrons. The van der Waals surface area contributed by atoms with Crippen molar-refractivity contribution in [3.63, 3.8) is 0 Å². The molecule has 3 nitrogen and oxygen atoms in total. The van der Waals surface area contributed by atoms with Gasteiger partial charge >= 0.3 is 0 Å². The molecule has 1 aromatic rings. The van der Waals surface area contributed by atoms with Gasteiger partial charge in [-0.3, -0.25) is 4.79 Å². The van der Waals surface area contributed by atoms with E-state index < -0.39 is 0 Å². The number of rotatable bonds is 5. The van der Waals surface area contributed by atoms with Crippen molar-refractivity contribution in [2.75, 3.05) is 6.61 Å². The smallest absolute Gasteiger partial charge is 0.258 e. The van der Waals surface area contributed by atoms with E-state index in [9.17, 15) is 4.79 Å². The van der Waals surface area contributed by atoms with Gasteiger partial charge in [-0.05, 0) is 37.6 Å². The standard InChI is InChI=1S/C12H16ClNO2/c1-3-9(2)14-12(15)8-16-11-6-4-10(13)5-7-11/h4-7,9H,3,8H2,1-2H3,(H,14,15)/t9-/m1/s1. The van der Waals surface area contributed by atoms with Crippen molar-refractivity contribution in [1.82, 2.24) is 5.32 Å². The zero-order valence-electron chi connectivity index (χ0n) is 9.50. The molecule has 0 aliphatic heterocycles. The molecule has 0 aromatic heterocycles. The van der Waals surface area contributed by atoms with Crippen molar-refractivity contribution in [3.05, 3.63) is 29.3 Å². The number of carbonyl (C=O) groups excluding carboxylic acids is 1. The molecule has 0 bridgehead atoms. The van der Waals surface area contributed by atoms with Crippen LogP contribution in [0.15, 0.2) is 24.3 Å². The Morgan fingerprint density at radius 1 is 1.44 bits per heavy atom. The van der Waals surface area contributed by atoms with E-state index in [0.717, 1.165) is 6.42 Å². The zero-order valence-corrected chi connectivity index (χ0v) is 10.3. The third kappa shape index (κ3) is 4.53. The molecule has 1 N–H and O–H groups in total. The topological polar surface area (TPSA) is 38.3 Å². The average Bonchev–Trinajstić information content (AvgIpc) is 2.28. The second-order valence-corrected chi connectivity index (χ2v) is 4.06. The molecule has 0 aliphatic rings. The number of amides is 1. The predicted octanol–water partition coefficient (Wildman–Crippen LogP) is 2.63. The quantitative estimate of drug-likeness (QED) is 0.861. The molecule has 4 heteroatoms. The fraction of sp³-hybridized carbons (Fsp3) is 0.417. The molecule has 0 saturated carbocycles. The summed E-state index contributed by atoms with van der Waals surface area (Å²) in [6, 6.07) is 7.10. The molecular weight excluding hydrogens is 226 g/mol. The summed E-state index contributed by atoms with van der Waals surface area (Å²) >= 11 is 5.73. The lowest BCUT2D eigenvalue weighted by molar-refractivity contribution is -0.123. The zero-order chi connectivity index (χ0) is 12.0. The van der Waals surface area contributed by atoms with E-state index in [2.05, 4.69) is 5.32 Å². The number of benzene rings is 1. The molecule has 1 atom stereocenters. The minimum Gasteiger partial charge on any atom is -0.484 e. The Hall–Kier alpha value is -1.22. The van der Waals surface area contributed by atoms with Crippen LogP contribution in [0.4, 0.5) is 0 Å². The summed E-state index contributed by atoms with van der Waals surface area (Å²) in [5.41, 5.74) is 0. The maximum absolute atomic E-state index is 11.4. The number of carbonyl (C=O) groups is 1. The second-order valence-electron chi connectivity index (χ2n) is 3.62. The first kappa shape index (κ1) is 12.8. The minimum atomic E-state index is -0.107. The Labute approximate surface area is 101 Å². The molecule has 0 aliphatic carbocycles. The van der Waals surface area contributed by atoms with Gasteiger partial charge in [-0.2, -0.15) is 0 Å². The molecular formula is C12H16ClNO2. The lowest BCUT2D eigenvalue weighted by Gasteiger charge is -2.11. The van der Waals surface area contributed by atoms with Crippen molar-refractivity contribution in [3.8, 4) is 5.75 Å². The van der Waals surface area contributed by atoms with Crippen LogP contribution < -0.4 is 10.1 Å². The van der Waals surface area contributed by atoms with E-state index in [0.29, 0.717) is 10.8 Å². The summed E-state index contributed by atoms with van der Waals surface area (Å²) in [5.74, 6) is 0.535. The Bertz CT molecular complexity index is 337. The van der Waals surface area contributed by atoms with Gasteiger partial charge in [-0.25, -0.2) is 0 Å². The fourth-order valence-corrected chi connectivity index (χ4v) is 1.22. The maximum atomic E-state index is 11.4. The molecule has 0 spiro atoms. The van der Waals surface area contributed by atoms with Crippen LogP contribution in [-0.2, 0) is 4.79 Å². The molecule has 16 heavy (non-hydrogen) atoms. The molecule has 0 radical (unpaired) electrons. The fourth-order valence-electron chi connectivity index (χ4n) is 1.10. The Kier molecular flexibility index (Phi) is 5.12. The summed E-state index contributed by atoms with van der Waals surface area (Å²) in [6.07, 6.45) is 0.909. The van der Waals surface area contributed by atoms with Gasteiger partial charge in [0, 0.05) is 11.1 Å². The molecule has 1 amide bonds. The maximum Gasteiger partial charge on any atom is 0.258 e. The lowest BCUT2D eigenvalue weighted by atomic mass is 10.2. The first-order chi connectivity index (χ1) is 7.61. The number of nitrogens with one attached hydrogen (secondary N) is 1. The number of ether oxygens (including phenoxy) is 1. The summed E-state index contributed by atoms with van der Waals surface area (Å²) in [5, 5.41) is 3.47. The minimum absolute atomic E-state index is 0.0337. The van der Waals surface area contributed by atoms with Crippen molar-refractivity contribution >= 4 is 17.5 Å². The van der Waals surface area contributed by atoms with Crippen molar-refractivity contribution < 1.29 is 9.53 Å². The third-order valence-electron chi connectivity index (χ3n) is 2.20. The van der Waals surface area contributed by atoms with E-state index in [4.69, 9.17) is 16.3 Å². The second kappa shape index (κ2) is 6.38. The first-order valence-corrected chi connectivity index (χ1v) is 5.67. The SMILES string of the molecule is CC[C@@H](C)NC(=O)COc1ccc(Cl)cc1. The number of halogens is 1.